The molecule has 20 heavy (non-hydrogen) atoms. The second-order valence-corrected chi connectivity index (χ2v) is 4.60. The Kier molecular flexibility index (Phi) is 4.71. The average molecular weight is 295 g/mol. The number of ether oxygens (including phenoxy) is 1. The van der Waals surface area contributed by atoms with Crippen LogP contribution in [0.5, 0.6) is 0 Å². The van der Waals surface area contributed by atoms with Crippen molar-refractivity contribution >= 4 is 17.6 Å². The Morgan fingerprint density at radius 2 is 1.85 bits per heavy atom. The first-order chi connectivity index (χ1) is 9.58. The van der Waals surface area contributed by atoms with Crippen LogP contribution in [0.25, 0.3) is 0 Å². The van der Waals surface area contributed by atoms with Gasteiger partial charge in [0, 0.05) is 5.02 Å². The van der Waals surface area contributed by atoms with Gasteiger partial charge in [-0.15, -0.1) is 0 Å². The zero-order chi connectivity index (χ0) is 14.5. The molecule has 3 nitrogen and oxygen atoms in total. The fourth-order valence-corrected chi connectivity index (χ4v) is 1.95. The molecule has 2 rings (SSSR count). The Morgan fingerprint density at radius 3 is 2.55 bits per heavy atom. The predicted octanol–water partition coefficient (Wildman–Crippen LogP) is 3.89. The van der Waals surface area contributed by atoms with Crippen LogP contribution in [0, 0.1) is 5.82 Å². The van der Waals surface area contributed by atoms with E-state index in [9.17, 15) is 9.18 Å². The van der Waals surface area contributed by atoms with Crippen molar-refractivity contribution in [1.82, 2.24) is 0 Å². The summed E-state index contributed by atoms with van der Waals surface area (Å²) in [6.07, 6.45) is 0. The highest BCUT2D eigenvalue weighted by Gasteiger charge is 2.11. The van der Waals surface area contributed by atoms with E-state index in [1.165, 1.54) is 12.1 Å². The summed E-state index contributed by atoms with van der Waals surface area (Å²) in [6.45, 7) is 0.337. The second-order valence-electron chi connectivity index (χ2n) is 4.19. The quantitative estimate of drug-likeness (QED) is 0.910. The Hall–Kier alpha value is -1.91. The van der Waals surface area contributed by atoms with Crippen LogP contribution in [-0.4, -0.2) is 11.1 Å². The third-order valence-corrected chi connectivity index (χ3v) is 3.14. The molecular formula is C15H12ClFO3. The van der Waals surface area contributed by atoms with Crippen LogP contribution in [0.4, 0.5) is 4.39 Å². The number of hydrogen-bond acceptors (Lipinski definition) is 2. The molecule has 0 radical (unpaired) electrons. The summed E-state index contributed by atoms with van der Waals surface area (Å²) in [4.78, 5) is 11.0. The topological polar surface area (TPSA) is 46.5 Å². The Morgan fingerprint density at radius 1 is 1.15 bits per heavy atom. The number of aromatic carboxylic acids is 1. The molecule has 0 unspecified atom stereocenters. The number of carboxylic acids is 1. The van der Waals surface area contributed by atoms with E-state index in [-0.39, 0.29) is 18.8 Å². The number of hydrogen-bond donors (Lipinski definition) is 1. The van der Waals surface area contributed by atoms with Crippen LogP contribution in [0.2, 0.25) is 5.02 Å². The number of benzene rings is 2. The van der Waals surface area contributed by atoms with Crippen molar-refractivity contribution in [2.45, 2.75) is 13.2 Å². The maximum absolute atomic E-state index is 13.0. The van der Waals surface area contributed by atoms with Crippen LogP contribution >= 0.6 is 11.6 Å². The molecule has 0 aliphatic heterocycles. The summed E-state index contributed by atoms with van der Waals surface area (Å²) < 4.78 is 18.5. The van der Waals surface area contributed by atoms with Gasteiger partial charge in [-0.3, -0.25) is 0 Å². The molecule has 2 aromatic rings. The predicted molar refractivity (Wildman–Crippen MR) is 73.3 cm³/mol. The second kappa shape index (κ2) is 6.50. The van der Waals surface area contributed by atoms with Gasteiger partial charge in [0.25, 0.3) is 0 Å². The van der Waals surface area contributed by atoms with Gasteiger partial charge in [0.1, 0.15) is 5.82 Å². The molecule has 1 N–H and O–H groups in total. The summed E-state index contributed by atoms with van der Waals surface area (Å²) in [5, 5.41) is 9.60. The van der Waals surface area contributed by atoms with E-state index in [2.05, 4.69) is 0 Å². The standard InChI is InChI=1S/C15H12ClFO3/c16-14-4-2-1-3-11(14)9-20-8-10-5-6-12(17)7-13(10)15(18)19/h1-7H,8-9H2,(H,18,19). The molecule has 0 spiro atoms. The lowest BCUT2D eigenvalue weighted by Gasteiger charge is -2.08. The molecule has 0 saturated heterocycles. The van der Waals surface area contributed by atoms with Gasteiger partial charge in [-0.25, -0.2) is 9.18 Å². The van der Waals surface area contributed by atoms with Gasteiger partial charge in [-0.2, -0.15) is 0 Å². The lowest BCUT2D eigenvalue weighted by atomic mass is 10.1. The van der Waals surface area contributed by atoms with E-state index < -0.39 is 11.8 Å². The normalized spacial score (nSPS) is 10.5. The zero-order valence-corrected chi connectivity index (χ0v) is 11.2. The van der Waals surface area contributed by atoms with Gasteiger partial charge < -0.3 is 9.84 Å². The fourth-order valence-electron chi connectivity index (χ4n) is 1.76. The molecule has 0 amide bonds. The minimum absolute atomic E-state index is 0.0765. The third kappa shape index (κ3) is 3.56. The third-order valence-electron chi connectivity index (χ3n) is 2.78. The Balaban J connectivity index is 2.05. The molecule has 0 aliphatic carbocycles. The highest BCUT2D eigenvalue weighted by molar-refractivity contribution is 6.31. The van der Waals surface area contributed by atoms with Crippen molar-refractivity contribution in [1.29, 1.82) is 0 Å². The monoisotopic (exact) mass is 294 g/mol. The smallest absolute Gasteiger partial charge is 0.336 e. The van der Waals surface area contributed by atoms with Crippen molar-refractivity contribution < 1.29 is 19.0 Å². The summed E-state index contributed by atoms with van der Waals surface area (Å²) in [7, 11) is 0. The maximum atomic E-state index is 13.0. The van der Waals surface area contributed by atoms with Gasteiger partial charge in [-0.1, -0.05) is 35.9 Å². The molecule has 104 valence electrons. The van der Waals surface area contributed by atoms with Crippen LogP contribution in [0.1, 0.15) is 21.5 Å². The Labute approximate surface area is 120 Å². The maximum Gasteiger partial charge on any atom is 0.336 e. The van der Waals surface area contributed by atoms with E-state index >= 15 is 0 Å². The molecule has 5 heteroatoms. The molecular weight excluding hydrogens is 283 g/mol. The largest absolute Gasteiger partial charge is 0.478 e. The van der Waals surface area contributed by atoms with E-state index in [0.717, 1.165) is 11.6 Å². The number of carbonyl (C=O) groups is 1. The number of halogens is 2. The summed E-state index contributed by atoms with van der Waals surface area (Å²) >= 11 is 5.98. The summed E-state index contributed by atoms with van der Waals surface area (Å²) in [5.41, 5.74) is 1.14. The number of carboxylic acid groups (broad SMARTS) is 1. The first-order valence-corrected chi connectivity index (χ1v) is 6.28. The minimum Gasteiger partial charge on any atom is -0.478 e. The molecule has 0 saturated carbocycles. The van der Waals surface area contributed by atoms with Crippen LogP contribution < -0.4 is 0 Å². The SMILES string of the molecule is O=C(O)c1cc(F)ccc1COCc1ccccc1Cl. The van der Waals surface area contributed by atoms with Crippen molar-refractivity contribution in [3.05, 3.63) is 70.0 Å². The van der Waals surface area contributed by atoms with Gasteiger partial charge in [0.15, 0.2) is 0 Å². The van der Waals surface area contributed by atoms with Gasteiger partial charge >= 0.3 is 5.97 Å². The molecule has 0 aliphatic rings. The molecule has 0 aromatic heterocycles. The summed E-state index contributed by atoms with van der Waals surface area (Å²) in [6, 6.07) is 10.8. The molecule has 0 heterocycles. The first-order valence-electron chi connectivity index (χ1n) is 5.91. The highest BCUT2D eigenvalue weighted by Crippen LogP contribution is 2.18. The van der Waals surface area contributed by atoms with Crippen molar-refractivity contribution in [3.8, 4) is 0 Å². The van der Waals surface area contributed by atoms with Crippen LogP contribution in [0.3, 0.4) is 0 Å². The molecule has 0 atom stereocenters. The van der Waals surface area contributed by atoms with Gasteiger partial charge in [0.05, 0.1) is 18.8 Å². The fraction of sp³-hybridized carbons (Fsp3) is 0.133. The zero-order valence-electron chi connectivity index (χ0n) is 10.5. The van der Waals surface area contributed by atoms with Crippen molar-refractivity contribution in [2.75, 3.05) is 0 Å². The lowest BCUT2D eigenvalue weighted by Crippen LogP contribution is -2.05. The van der Waals surface area contributed by atoms with Gasteiger partial charge in [0.2, 0.25) is 0 Å². The Bertz CT molecular complexity index is 628. The van der Waals surface area contributed by atoms with E-state index in [1.807, 2.05) is 18.2 Å². The highest BCUT2D eigenvalue weighted by atomic mass is 35.5. The summed E-state index contributed by atoms with van der Waals surface area (Å²) in [5.74, 6) is -1.77. The van der Waals surface area contributed by atoms with Gasteiger partial charge in [-0.05, 0) is 29.3 Å². The average Bonchev–Trinajstić information content (AvgIpc) is 2.42. The van der Waals surface area contributed by atoms with Crippen molar-refractivity contribution in [3.63, 3.8) is 0 Å². The van der Waals surface area contributed by atoms with Crippen LogP contribution in [-0.2, 0) is 18.0 Å². The van der Waals surface area contributed by atoms with E-state index in [1.54, 1.807) is 6.07 Å². The lowest BCUT2D eigenvalue weighted by molar-refractivity contribution is 0.0683. The van der Waals surface area contributed by atoms with E-state index in [4.69, 9.17) is 21.4 Å². The first kappa shape index (κ1) is 14.5. The molecule has 2 aromatic carbocycles. The van der Waals surface area contributed by atoms with E-state index in [0.29, 0.717) is 10.6 Å². The minimum atomic E-state index is -1.18. The molecule has 0 bridgehead atoms. The number of rotatable bonds is 5. The van der Waals surface area contributed by atoms with Crippen LogP contribution in [0.15, 0.2) is 42.5 Å². The van der Waals surface area contributed by atoms with Crippen molar-refractivity contribution in [2.24, 2.45) is 0 Å². The molecule has 0 fully saturated rings.